The van der Waals surface area contributed by atoms with Crippen molar-refractivity contribution in [1.29, 1.82) is 0 Å². The molecule has 0 aromatic carbocycles. The minimum absolute atomic E-state index is 0.0370. The summed E-state index contributed by atoms with van der Waals surface area (Å²) >= 11 is 0. The highest BCUT2D eigenvalue weighted by atomic mass is 16.2. The van der Waals surface area contributed by atoms with Gasteiger partial charge in [0.05, 0.1) is 0 Å². The zero-order chi connectivity index (χ0) is 8.98. The zero-order valence-corrected chi connectivity index (χ0v) is 7.98. The standard InChI is InChI=1S/C9H16N2O/c1-8(2)9(5-10-6-9)4-7(12)11(8)3/h10H,4-6H2,1-3H3. The summed E-state index contributed by atoms with van der Waals surface area (Å²) in [7, 11) is 1.91. The van der Waals surface area contributed by atoms with Gasteiger partial charge in [0.1, 0.15) is 0 Å². The van der Waals surface area contributed by atoms with E-state index in [1.807, 2.05) is 11.9 Å². The number of hydrogen-bond acceptors (Lipinski definition) is 2. The van der Waals surface area contributed by atoms with Crippen molar-refractivity contribution in [3.63, 3.8) is 0 Å². The Morgan fingerprint density at radius 1 is 1.42 bits per heavy atom. The molecular weight excluding hydrogens is 152 g/mol. The summed E-state index contributed by atoms with van der Waals surface area (Å²) in [5.41, 5.74) is 0.258. The Hall–Kier alpha value is -0.570. The Kier molecular flexibility index (Phi) is 1.35. The number of nitrogens with one attached hydrogen (secondary N) is 1. The van der Waals surface area contributed by atoms with E-state index in [0.29, 0.717) is 5.91 Å². The van der Waals surface area contributed by atoms with Crippen LogP contribution in [0.15, 0.2) is 0 Å². The number of nitrogens with zero attached hydrogens (tertiary/aromatic N) is 1. The van der Waals surface area contributed by atoms with Crippen LogP contribution < -0.4 is 5.32 Å². The molecule has 1 N–H and O–H groups in total. The van der Waals surface area contributed by atoms with Crippen LogP contribution in [-0.4, -0.2) is 36.5 Å². The molecule has 0 aromatic rings. The van der Waals surface area contributed by atoms with E-state index in [1.54, 1.807) is 0 Å². The maximum atomic E-state index is 11.5. The second kappa shape index (κ2) is 2.02. The Balaban J connectivity index is 2.33. The molecule has 0 radical (unpaired) electrons. The van der Waals surface area contributed by atoms with Crippen molar-refractivity contribution in [3.8, 4) is 0 Å². The number of carbonyl (C=O) groups excluding carboxylic acids is 1. The molecule has 0 bridgehead atoms. The van der Waals surface area contributed by atoms with Gasteiger partial charge in [-0.15, -0.1) is 0 Å². The fourth-order valence-corrected chi connectivity index (χ4v) is 2.28. The van der Waals surface area contributed by atoms with Gasteiger partial charge >= 0.3 is 0 Å². The summed E-state index contributed by atoms with van der Waals surface area (Å²) in [4.78, 5) is 13.4. The third-order valence-corrected chi connectivity index (χ3v) is 3.93. The highest BCUT2D eigenvalue weighted by Gasteiger charge is 2.58. The molecule has 68 valence electrons. The summed E-state index contributed by atoms with van der Waals surface area (Å²) in [6, 6.07) is 0. The molecule has 0 aromatic heterocycles. The van der Waals surface area contributed by atoms with Gasteiger partial charge in [-0.25, -0.2) is 0 Å². The maximum Gasteiger partial charge on any atom is 0.223 e. The Morgan fingerprint density at radius 2 is 2.00 bits per heavy atom. The van der Waals surface area contributed by atoms with Crippen LogP contribution in [0.2, 0.25) is 0 Å². The predicted octanol–water partition coefficient (Wildman–Crippen LogP) is 0.217. The fraction of sp³-hybridized carbons (Fsp3) is 0.889. The molecule has 0 aliphatic carbocycles. The molecule has 2 aliphatic heterocycles. The van der Waals surface area contributed by atoms with Gasteiger partial charge in [-0.05, 0) is 13.8 Å². The van der Waals surface area contributed by atoms with Gasteiger partial charge in [0, 0.05) is 37.5 Å². The second-order valence-corrected chi connectivity index (χ2v) is 4.57. The van der Waals surface area contributed by atoms with Gasteiger partial charge in [0.2, 0.25) is 5.91 Å². The number of amides is 1. The molecule has 3 heteroatoms. The van der Waals surface area contributed by atoms with Gasteiger partial charge in [-0.3, -0.25) is 4.79 Å². The molecule has 3 nitrogen and oxygen atoms in total. The molecule has 12 heavy (non-hydrogen) atoms. The highest BCUT2D eigenvalue weighted by Crippen LogP contribution is 2.47. The lowest BCUT2D eigenvalue weighted by Crippen LogP contribution is -2.64. The summed E-state index contributed by atoms with van der Waals surface area (Å²) in [6.45, 7) is 6.32. The van der Waals surface area contributed by atoms with Crippen LogP contribution in [0.4, 0.5) is 0 Å². The first-order valence-corrected chi connectivity index (χ1v) is 4.47. The minimum atomic E-state index is 0.0370. The summed E-state index contributed by atoms with van der Waals surface area (Å²) in [6.07, 6.45) is 0.726. The lowest BCUT2D eigenvalue weighted by Gasteiger charge is -2.50. The van der Waals surface area contributed by atoms with Crippen LogP contribution >= 0.6 is 0 Å². The van der Waals surface area contributed by atoms with Crippen LogP contribution in [0.25, 0.3) is 0 Å². The van der Waals surface area contributed by atoms with Crippen LogP contribution in [0.5, 0.6) is 0 Å². The van der Waals surface area contributed by atoms with Crippen molar-refractivity contribution in [2.45, 2.75) is 25.8 Å². The van der Waals surface area contributed by atoms with Gasteiger partial charge in [-0.1, -0.05) is 0 Å². The van der Waals surface area contributed by atoms with E-state index in [2.05, 4.69) is 19.2 Å². The van der Waals surface area contributed by atoms with Crippen molar-refractivity contribution in [2.24, 2.45) is 5.41 Å². The largest absolute Gasteiger partial charge is 0.340 e. The summed E-state index contributed by atoms with van der Waals surface area (Å²) in [5, 5.41) is 3.26. The summed E-state index contributed by atoms with van der Waals surface area (Å²) in [5.74, 6) is 0.293. The molecule has 2 heterocycles. The highest BCUT2D eigenvalue weighted by molar-refractivity contribution is 5.81. The zero-order valence-electron chi connectivity index (χ0n) is 7.98. The fourth-order valence-electron chi connectivity index (χ4n) is 2.28. The molecule has 1 amide bonds. The van der Waals surface area contributed by atoms with Crippen LogP contribution in [0.1, 0.15) is 20.3 Å². The monoisotopic (exact) mass is 168 g/mol. The van der Waals surface area contributed by atoms with Gasteiger partial charge in [0.15, 0.2) is 0 Å². The molecule has 2 saturated heterocycles. The van der Waals surface area contributed by atoms with Crippen LogP contribution in [0.3, 0.4) is 0 Å². The SMILES string of the molecule is CN1C(=O)CC2(CNC2)C1(C)C. The Morgan fingerprint density at radius 3 is 2.17 bits per heavy atom. The van der Waals surface area contributed by atoms with Crippen molar-refractivity contribution in [1.82, 2.24) is 10.2 Å². The van der Waals surface area contributed by atoms with E-state index >= 15 is 0 Å². The first kappa shape index (κ1) is 8.05. The first-order valence-electron chi connectivity index (χ1n) is 4.47. The average molecular weight is 168 g/mol. The molecule has 2 aliphatic rings. The molecule has 0 saturated carbocycles. The van der Waals surface area contributed by atoms with Crippen molar-refractivity contribution >= 4 is 5.91 Å². The third-order valence-electron chi connectivity index (χ3n) is 3.93. The number of rotatable bonds is 0. The van der Waals surface area contributed by atoms with E-state index in [-0.39, 0.29) is 11.0 Å². The van der Waals surface area contributed by atoms with Crippen LogP contribution in [-0.2, 0) is 4.79 Å². The molecule has 2 fully saturated rings. The van der Waals surface area contributed by atoms with Gasteiger partial charge in [-0.2, -0.15) is 0 Å². The molecular formula is C9H16N2O. The number of carbonyl (C=O) groups is 1. The van der Waals surface area contributed by atoms with Gasteiger partial charge in [0.25, 0.3) is 0 Å². The lowest BCUT2D eigenvalue weighted by molar-refractivity contribution is -0.129. The van der Waals surface area contributed by atoms with Crippen molar-refractivity contribution in [3.05, 3.63) is 0 Å². The molecule has 0 unspecified atom stereocenters. The average Bonchev–Trinajstić information content (AvgIpc) is 2.09. The quantitative estimate of drug-likeness (QED) is 0.561. The Bertz CT molecular complexity index is 231. The predicted molar refractivity (Wildman–Crippen MR) is 46.8 cm³/mol. The maximum absolute atomic E-state index is 11.5. The van der Waals surface area contributed by atoms with E-state index < -0.39 is 0 Å². The normalized spacial score (nSPS) is 30.9. The smallest absolute Gasteiger partial charge is 0.223 e. The van der Waals surface area contributed by atoms with Crippen LogP contribution in [0, 0.1) is 5.41 Å². The minimum Gasteiger partial charge on any atom is -0.340 e. The van der Waals surface area contributed by atoms with E-state index in [4.69, 9.17) is 0 Å². The molecule has 2 rings (SSSR count). The first-order chi connectivity index (χ1) is 5.50. The van der Waals surface area contributed by atoms with Crippen molar-refractivity contribution < 1.29 is 4.79 Å². The van der Waals surface area contributed by atoms with E-state index in [9.17, 15) is 4.79 Å². The molecule has 1 spiro atoms. The van der Waals surface area contributed by atoms with E-state index in [1.165, 1.54) is 0 Å². The molecule has 0 atom stereocenters. The second-order valence-electron chi connectivity index (χ2n) is 4.57. The number of likely N-dealkylation sites (tertiary alicyclic amines) is 1. The summed E-state index contributed by atoms with van der Waals surface area (Å²) < 4.78 is 0. The van der Waals surface area contributed by atoms with E-state index in [0.717, 1.165) is 19.5 Å². The third kappa shape index (κ3) is 0.678. The van der Waals surface area contributed by atoms with Gasteiger partial charge < -0.3 is 10.2 Å². The number of hydrogen-bond donors (Lipinski definition) is 1. The van der Waals surface area contributed by atoms with Crippen molar-refractivity contribution in [2.75, 3.05) is 20.1 Å². The topological polar surface area (TPSA) is 32.3 Å². The lowest BCUT2D eigenvalue weighted by atomic mass is 9.67. The Labute approximate surface area is 73.1 Å².